The van der Waals surface area contributed by atoms with Crippen molar-refractivity contribution in [3.05, 3.63) is 59.6 Å². The Morgan fingerprint density at radius 1 is 1.08 bits per heavy atom. The Labute approximate surface area is 147 Å². The molecule has 0 fully saturated rings. The minimum absolute atomic E-state index is 0.382. The molecule has 1 aromatic heterocycles. The summed E-state index contributed by atoms with van der Waals surface area (Å²) in [7, 11) is 0. The number of benzene rings is 1. The van der Waals surface area contributed by atoms with Crippen LogP contribution in [0.4, 0.5) is 5.69 Å². The van der Waals surface area contributed by atoms with E-state index in [9.17, 15) is 9.59 Å². The number of carbonyl (C=O) groups excluding carboxylic acids is 2. The molecule has 5 heteroatoms. The Hall–Kier alpha value is -2.82. The van der Waals surface area contributed by atoms with Gasteiger partial charge >= 0.3 is 5.97 Å². The summed E-state index contributed by atoms with van der Waals surface area (Å²) in [4.78, 5) is 23.9. The zero-order valence-corrected chi connectivity index (χ0v) is 14.9. The van der Waals surface area contributed by atoms with Crippen LogP contribution in [0.3, 0.4) is 0 Å². The second kappa shape index (κ2) is 8.33. The van der Waals surface area contributed by atoms with Gasteiger partial charge in [-0.3, -0.25) is 4.79 Å². The van der Waals surface area contributed by atoms with Crippen LogP contribution in [-0.2, 0) is 14.3 Å². The van der Waals surface area contributed by atoms with Gasteiger partial charge in [-0.05, 0) is 55.7 Å². The molecule has 2 aromatic rings. The number of anilines is 1. The van der Waals surface area contributed by atoms with Crippen LogP contribution >= 0.6 is 0 Å². The van der Waals surface area contributed by atoms with Crippen LogP contribution in [0.5, 0.6) is 0 Å². The molecule has 0 aliphatic rings. The fourth-order valence-electron chi connectivity index (χ4n) is 2.16. The van der Waals surface area contributed by atoms with Gasteiger partial charge in [0.05, 0.1) is 0 Å². The van der Waals surface area contributed by atoms with E-state index >= 15 is 0 Å². The molecule has 1 N–H and O–H groups in total. The van der Waals surface area contributed by atoms with Gasteiger partial charge in [0.25, 0.3) is 5.91 Å². The highest BCUT2D eigenvalue weighted by Crippen LogP contribution is 2.17. The zero-order chi connectivity index (χ0) is 18.4. The van der Waals surface area contributed by atoms with Gasteiger partial charge in [0, 0.05) is 11.8 Å². The lowest BCUT2D eigenvalue weighted by molar-refractivity contribution is -0.148. The van der Waals surface area contributed by atoms with Gasteiger partial charge in [-0.25, -0.2) is 4.79 Å². The van der Waals surface area contributed by atoms with E-state index in [-0.39, 0.29) is 5.91 Å². The van der Waals surface area contributed by atoms with Crippen molar-refractivity contribution < 1.29 is 18.7 Å². The average Bonchev–Trinajstić information content (AvgIpc) is 2.99. The molecule has 1 amide bonds. The van der Waals surface area contributed by atoms with E-state index in [2.05, 4.69) is 19.2 Å². The van der Waals surface area contributed by atoms with Crippen molar-refractivity contribution in [2.45, 2.75) is 39.7 Å². The lowest BCUT2D eigenvalue weighted by Gasteiger charge is -2.13. The van der Waals surface area contributed by atoms with Crippen molar-refractivity contribution in [1.29, 1.82) is 0 Å². The van der Waals surface area contributed by atoms with E-state index in [0.717, 1.165) is 5.76 Å². The summed E-state index contributed by atoms with van der Waals surface area (Å²) in [5.41, 5.74) is 1.86. The van der Waals surface area contributed by atoms with Crippen molar-refractivity contribution in [3.63, 3.8) is 0 Å². The van der Waals surface area contributed by atoms with Crippen molar-refractivity contribution >= 4 is 23.6 Å². The average molecular weight is 341 g/mol. The number of furan rings is 1. The molecule has 0 radical (unpaired) electrons. The number of hydrogen-bond acceptors (Lipinski definition) is 4. The molecule has 0 bridgehead atoms. The molecule has 2 rings (SSSR count). The molecule has 0 aliphatic heterocycles. The highest BCUT2D eigenvalue weighted by Gasteiger charge is 2.16. The van der Waals surface area contributed by atoms with Crippen molar-refractivity contribution in [2.75, 3.05) is 5.32 Å². The Morgan fingerprint density at radius 3 is 2.32 bits per heavy atom. The van der Waals surface area contributed by atoms with Crippen LogP contribution in [0.2, 0.25) is 0 Å². The van der Waals surface area contributed by atoms with Gasteiger partial charge in [-0.15, -0.1) is 0 Å². The topological polar surface area (TPSA) is 68.5 Å². The highest BCUT2D eigenvalue weighted by molar-refractivity contribution is 5.96. The number of nitrogens with one attached hydrogen (secondary N) is 1. The predicted molar refractivity (Wildman–Crippen MR) is 97.2 cm³/mol. The smallest absolute Gasteiger partial charge is 0.331 e. The third kappa shape index (κ3) is 5.64. The molecule has 5 nitrogen and oxygen atoms in total. The molecule has 0 saturated carbocycles. The molecule has 0 saturated heterocycles. The van der Waals surface area contributed by atoms with Gasteiger partial charge in [-0.2, -0.15) is 0 Å². The summed E-state index contributed by atoms with van der Waals surface area (Å²) >= 11 is 0. The number of hydrogen-bond donors (Lipinski definition) is 1. The number of aryl methyl sites for hydroxylation is 1. The Bertz CT molecular complexity index is 756. The first-order valence-corrected chi connectivity index (χ1v) is 8.21. The van der Waals surface area contributed by atoms with Crippen molar-refractivity contribution in [2.24, 2.45) is 0 Å². The summed E-state index contributed by atoms with van der Waals surface area (Å²) in [6, 6.07) is 11.1. The van der Waals surface area contributed by atoms with Crippen molar-refractivity contribution in [1.82, 2.24) is 0 Å². The van der Waals surface area contributed by atoms with Crippen LogP contribution < -0.4 is 5.32 Å². The molecule has 132 valence electrons. The monoisotopic (exact) mass is 341 g/mol. The molecule has 1 unspecified atom stereocenters. The Balaban J connectivity index is 1.86. The summed E-state index contributed by atoms with van der Waals surface area (Å²) < 4.78 is 10.4. The highest BCUT2D eigenvalue weighted by atomic mass is 16.5. The molecule has 1 aromatic carbocycles. The fraction of sp³-hybridized carbons (Fsp3) is 0.300. The van der Waals surface area contributed by atoms with Gasteiger partial charge in [-0.1, -0.05) is 26.0 Å². The summed E-state index contributed by atoms with van der Waals surface area (Å²) in [6.07, 6.45) is 1.84. The first-order chi connectivity index (χ1) is 11.8. The van der Waals surface area contributed by atoms with Crippen LogP contribution in [-0.4, -0.2) is 18.0 Å². The second-order valence-electron chi connectivity index (χ2n) is 6.13. The first kappa shape index (κ1) is 18.5. The SMILES string of the molecule is Cc1ccc(/C=C/C(=O)OC(C)C(=O)Nc2ccc(C(C)C)cc2)o1. The third-order valence-electron chi connectivity index (χ3n) is 3.65. The first-order valence-electron chi connectivity index (χ1n) is 8.21. The lowest BCUT2D eigenvalue weighted by Crippen LogP contribution is -2.29. The van der Waals surface area contributed by atoms with Crippen LogP contribution in [0.15, 0.2) is 46.9 Å². The molecule has 25 heavy (non-hydrogen) atoms. The lowest BCUT2D eigenvalue weighted by atomic mass is 10.0. The summed E-state index contributed by atoms with van der Waals surface area (Å²) in [5, 5.41) is 2.73. The maximum atomic E-state index is 12.1. The van der Waals surface area contributed by atoms with Gasteiger partial charge in [0.15, 0.2) is 6.10 Å². The maximum absolute atomic E-state index is 12.1. The molecule has 0 aliphatic carbocycles. The summed E-state index contributed by atoms with van der Waals surface area (Å²) in [6.45, 7) is 7.55. The van der Waals surface area contributed by atoms with Crippen LogP contribution in [0.25, 0.3) is 6.08 Å². The van der Waals surface area contributed by atoms with E-state index < -0.39 is 12.1 Å². The van der Waals surface area contributed by atoms with Crippen LogP contribution in [0, 0.1) is 6.92 Å². The summed E-state index contributed by atoms with van der Waals surface area (Å²) in [5.74, 6) is 0.746. The minimum atomic E-state index is -0.903. The Kier molecular flexibility index (Phi) is 6.17. The molecular weight excluding hydrogens is 318 g/mol. The zero-order valence-electron chi connectivity index (χ0n) is 14.9. The largest absolute Gasteiger partial charge is 0.462 e. The van der Waals surface area contributed by atoms with E-state index in [1.165, 1.54) is 24.6 Å². The number of esters is 1. The van der Waals surface area contributed by atoms with Crippen LogP contribution in [0.1, 0.15) is 43.8 Å². The maximum Gasteiger partial charge on any atom is 0.331 e. The molecule has 1 heterocycles. The number of ether oxygens (including phenoxy) is 1. The third-order valence-corrected chi connectivity index (χ3v) is 3.65. The quantitative estimate of drug-likeness (QED) is 0.628. The Morgan fingerprint density at radius 2 is 1.76 bits per heavy atom. The normalized spacial score (nSPS) is 12.4. The van der Waals surface area contributed by atoms with Gasteiger partial charge in [0.1, 0.15) is 11.5 Å². The van der Waals surface area contributed by atoms with E-state index in [0.29, 0.717) is 17.4 Å². The van der Waals surface area contributed by atoms with Gasteiger partial charge < -0.3 is 14.5 Å². The minimum Gasteiger partial charge on any atom is -0.462 e. The van der Waals surface area contributed by atoms with Gasteiger partial charge in [0.2, 0.25) is 0 Å². The number of carbonyl (C=O) groups is 2. The number of amides is 1. The predicted octanol–water partition coefficient (Wildman–Crippen LogP) is 4.30. The van der Waals surface area contributed by atoms with Crippen molar-refractivity contribution in [3.8, 4) is 0 Å². The van der Waals surface area contributed by atoms with E-state index in [1.807, 2.05) is 31.2 Å². The molecule has 0 spiro atoms. The molecule has 1 atom stereocenters. The number of rotatable bonds is 6. The van der Waals surface area contributed by atoms with E-state index in [4.69, 9.17) is 9.15 Å². The second-order valence-corrected chi connectivity index (χ2v) is 6.13. The fourth-order valence-corrected chi connectivity index (χ4v) is 2.16. The standard InChI is InChI=1S/C20H23NO4/c1-13(2)16-6-8-17(9-7-16)21-20(23)15(4)25-19(22)12-11-18-10-5-14(3)24-18/h5-13,15H,1-4H3,(H,21,23)/b12-11+. The van der Waals surface area contributed by atoms with E-state index in [1.54, 1.807) is 12.1 Å². The molecular formula is C20H23NO4.